The van der Waals surface area contributed by atoms with Crippen molar-refractivity contribution >= 4 is 17.5 Å². The van der Waals surface area contributed by atoms with E-state index in [2.05, 4.69) is 35.8 Å². The fourth-order valence-corrected chi connectivity index (χ4v) is 1.63. The summed E-state index contributed by atoms with van der Waals surface area (Å²) in [4.78, 5) is 24.8. The van der Waals surface area contributed by atoms with Crippen molar-refractivity contribution in [1.82, 2.24) is 25.1 Å². The molecule has 0 saturated carbocycles. The van der Waals surface area contributed by atoms with Crippen LogP contribution in [0.3, 0.4) is 0 Å². The first-order valence-electron chi connectivity index (χ1n) is 6.67. The maximum absolute atomic E-state index is 12.3. The quantitative estimate of drug-likeness (QED) is 0.857. The number of carbonyl (C=O) groups is 1. The molecule has 0 radical (unpaired) electrons. The molecular weight excluding hydrogens is 270 g/mol. The highest BCUT2D eigenvalue weighted by Crippen LogP contribution is 2.17. The van der Waals surface area contributed by atoms with Crippen LogP contribution >= 0.6 is 0 Å². The lowest BCUT2D eigenvalue weighted by molar-refractivity contribution is 0.102. The van der Waals surface area contributed by atoms with Gasteiger partial charge in [0.15, 0.2) is 5.69 Å². The second kappa shape index (κ2) is 6.69. The molecule has 2 N–H and O–H groups in total. The topological polar surface area (TPSA) is 106 Å². The second-order valence-electron chi connectivity index (χ2n) is 4.60. The standard InChI is InChI=1S/C13H17N7O/c1-4-14-9-7-16-11(8(2)3)18-10(9)12(21)19-13-15-5-6-17-20-13/h5-8,14H,4H2,1-3H3,(H,15,19,20,21). The number of rotatable bonds is 5. The molecule has 2 heterocycles. The van der Waals surface area contributed by atoms with E-state index >= 15 is 0 Å². The van der Waals surface area contributed by atoms with E-state index < -0.39 is 5.91 Å². The number of hydrogen-bond acceptors (Lipinski definition) is 7. The number of carbonyl (C=O) groups excluding carboxylic acids is 1. The van der Waals surface area contributed by atoms with Gasteiger partial charge in [0.2, 0.25) is 5.95 Å². The molecule has 0 aliphatic carbocycles. The maximum atomic E-state index is 12.3. The molecule has 2 aromatic heterocycles. The minimum absolute atomic E-state index is 0.127. The Labute approximate surface area is 122 Å². The van der Waals surface area contributed by atoms with Crippen molar-refractivity contribution in [2.45, 2.75) is 26.7 Å². The smallest absolute Gasteiger partial charge is 0.278 e. The summed E-state index contributed by atoms with van der Waals surface area (Å²) in [5.74, 6) is 0.466. The van der Waals surface area contributed by atoms with Crippen molar-refractivity contribution in [1.29, 1.82) is 0 Å². The Kier molecular flexibility index (Phi) is 4.70. The molecule has 2 rings (SSSR count). The molecule has 21 heavy (non-hydrogen) atoms. The zero-order valence-corrected chi connectivity index (χ0v) is 12.2. The Morgan fingerprint density at radius 1 is 1.29 bits per heavy atom. The molecule has 110 valence electrons. The SMILES string of the molecule is CCNc1cnc(C(C)C)nc1C(=O)Nc1nccnn1. The summed E-state index contributed by atoms with van der Waals surface area (Å²) in [7, 11) is 0. The summed E-state index contributed by atoms with van der Waals surface area (Å²) in [6, 6.07) is 0. The third kappa shape index (κ3) is 3.68. The van der Waals surface area contributed by atoms with Gasteiger partial charge in [-0.05, 0) is 6.92 Å². The van der Waals surface area contributed by atoms with Crippen LogP contribution in [0.25, 0.3) is 0 Å². The van der Waals surface area contributed by atoms with Gasteiger partial charge in [0.05, 0.1) is 24.3 Å². The highest BCUT2D eigenvalue weighted by Gasteiger charge is 2.17. The van der Waals surface area contributed by atoms with E-state index in [1.54, 1.807) is 6.20 Å². The molecule has 0 aliphatic heterocycles. The zero-order chi connectivity index (χ0) is 15.2. The molecule has 2 aromatic rings. The Balaban J connectivity index is 2.30. The van der Waals surface area contributed by atoms with Crippen molar-refractivity contribution in [2.75, 3.05) is 17.2 Å². The van der Waals surface area contributed by atoms with E-state index in [1.807, 2.05) is 20.8 Å². The highest BCUT2D eigenvalue weighted by molar-refractivity contribution is 6.05. The minimum Gasteiger partial charge on any atom is -0.382 e. The molecule has 8 heteroatoms. The summed E-state index contributed by atoms with van der Waals surface area (Å²) < 4.78 is 0. The third-order valence-corrected chi connectivity index (χ3v) is 2.61. The molecule has 0 aromatic carbocycles. The van der Waals surface area contributed by atoms with Gasteiger partial charge in [-0.2, -0.15) is 5.10 Å². The van der Waals surface area contributed by atoms with E-state index in [0.29, 0.717) is 18.1 Å². The van der Waals surface area contributed by atoms with Crippen LogP contribution in [0.4, 0.5) is 11.6 Å². The Morgan fingerprint density at radius 3 is 2.71 bits per heavy atom. The molecule has 0 aliphatic rings. The number of nitrogens with one attached hydrogen (secondary N) is 2. The van der Waals surface area contributed by atoms with Gasteiger partial charge < -0.3 is 5.32 Å². The summed E-state index contributed by atoms with van der Waals surface area (Å²) >= 11 is 0. The van der Waals surface area contributed by atoms with Crippen molar-refractivity contribution in [3.63, 3.8) is 0 Å². The molecule has 8 nitrogen and oxygen atoms in total. The van der Waals surface area contributed by atoms with Crippen LogP contribution in [0.1, 0.15) is 43.0 Å². The summed E-state index contributed by atoms with van der Waals surface area (Å²) in [6.07, 6.45) is 4.50. The average molecular weight is 287 g/mol. The van der Waals surface area contributed by atoms with E-state index in [1.165, 1.54) is 12.4 Å². The maximum Gasteiger partial charge on any atom is 0.278 e. The number of anilines is 2. The Morgan fingerprint density at radius 2 is 2.10 bits per heavy atom. The predicted octanol–water partition coefficient (Wildman–Crippen LogP) is 1.47. The number of aromatic nitrogens is 5. The van der Waals surface area contributed by atoms with Gasteiger partial charge in [-0.1, -0.05) is 13.8 Å². The van der Waals surface area contributed by atoms with E-state index in [4.69, 9.17) is 0 Å². The van der Waals surface area contributed by atoms with Crippen molar-refractivity contribution in [3.8, 4) is 0 Å². The van der Waals surface area contributed by atoms with Crippen molar-refractivity contribution in [3.05, 3.63) is 30.1 Å². The van der Waals surface area contributed by atoms with Gasteiger partial charge in [0.1, 0.15) is 5.82 Å². The minimum atomic E-state index is -0.400. The lowest BCUT2D eigenvalue weighted by atomic mass is 10.2. The van der Waals surface area contributed by atoms with Crippen LogP contribution in [0.5, 0.6) is 0 Å². The Hall–Kier alpha value is -2.64. The average Bonchev–Trinajstić information content (AvgIpc) is 2.48. The number of hydrogen-bond donors (Lipinski definition) is 2. The highest BCUT2D eigenvalue weighted by atomic mass is 16.2. The summed E-state index contributed by atoms with van der Waals surface area (Å²) in [5, 5.41) is 13.0. The van der Waals surface area contributed by atoms with Gasteiger partial charge in [0, 0.05) is 12.5 Å². The molecule has 1 amide bonds. The normalized spacial score (nSPS) is 10.5. The van der Waals surface area contributed by atoms with Crippen LogP contribution in [0.2, 0.25) is 0 Å². The van der Waals surface area contributed by atoms with Crippen LogP contribution in [-0.4, -0.2) is 37.6 Å². The summed E-state index contributed by atoms with van der Waals surface area (Å²) in [6.45, 7) is 6.53. The molecule has 0 atom stereocenters. The molecule has 0 bridgehead atoms. The largest absolute Gasteiger partial charge is 0.382 e. The fraction of sp³-hybridized carbons (Fsp3) is 0.385. The van der Waals surface area contributed by atoms with Crippen LogP contribution in [0, 0.1) is 0 Å². The number of amides is 1. The fourth-order valence-electron chi connectivity index (χ4n) is 1.63. The molecule has 0 fully saturated rings. The first kappa shape index (κ1) is 14.8. The van der Waals surface area contributed by atoms with E-state index in [-0.39, 0.29) is 17.6 Å². The van der Waals surface area contributed by atoms with Crippen molar-refractivity contribution in [2.24, 2.45) is 0 Å². The second-order valence-corrected chi connectivity index (χ2v) is 4.60. The van der Waals surface area contributed by atoms with E-state index in [9.17, 15) is 4.79 Å². The van der Waals surface area contributed by atoms with Gasteiger partial charge >= 0.3 is 0 Å². The monoisotopic (exact) mass is 287 g/mol. The van der Waals surface area contributed by atoms with Crippen LogP contribution < -0.4 is 10.6 Å². The zero-order valence-electron chi connectivity index (χ0n) is 12.2. The number of nitrogens with zero attached hydrogens (tertiary/aromatic N) is 5. The Bertz CT molecular complexity index is 615. The lowest BCUT2D eigenvalue weighted by Gasteiger charge is -2.11. The third-order valence-electron chi connectivity index (χ3n) is 2.61. The lowest BCUT2D eigenvalue weighted by Crippen LogP contribution is -2.20. The van der Waals surface area contributed by atoms with Gasteiger partial charge in [-0.25, -0.2) is 15.0 Å². The first-order valence-corrected chi connectivity index (χ1v) is 6.67. The van der Waals surface area contributed by atoms with E-state index in [0.717, 1.165) is 0 Å². The van der Waals surface area contributed by atoms with Crippen LogP contribution in [0.15, 0.2) is 18.6 Å². The van der Waals surface area contributed by atoms with Gasteiger partial charge in [-0.3, -0.25) is 10.1 Å². The van der Waals surface area contributed by atoms with Gasteiger partial charge in [0.25, 0.3) is 5.91 Å². The molecular formula is C13H17N7O. The van der Waals surface area contributed by atoms with Gasteiger partial charge in [-0.15, -0.1) is 5.10 Å². The molecule has 0 spiro atoms. The van der Waals surface area contributed by atoms with Crippen LogP contribution in [-0.2, 0) is 0 Å². The summed E-state index contributed by atoms with van der Waals surface area (Å²) in [5.41, 5.74) is 0.839. The van der Waals surface area contributed by atoms with Crippen molar-refractivity contribution < 1.29 is 4.79 Å². The molecule has 0 saturated heterocycles. The first-order chi connectivity index (χ1) is 10.1. The molecule has 0 unspecified atom stereocenters. The predicted molar refractivity (Wildman–Crippen MR) is 78.1 cm³/mol.